The number of hydrogen-bond acceptors (Lipinski definition) is 3. The van der Waals surface area contributed by atoms with E-state index in [-0.39, 0.29) is 6.29 Å². The molecule has 0 rings (SSSR count). The van der Waals surface area contributed by atoms with Gasteiger partial charge in [0.2, 0.25) is 0 Å². The van der Waals surface area contributed by atoms with Gasteiger partial charge in [0, 0.05) is 13.2 Å². The van der Waals surface area contributed by atoms with Crippen LogP contribution in [0.4, 0.5) is 0 Å². The molecule has 0 heterocycles. The lowest BCUT2D eigenvalue weighted by Crippen LogP contribution is -2.13. The van der Waals surface area contributed by atoms with Crippen LogP contribution in [0.15, 0.2) is 24.5 Å². The van der Waals surface area contributed by atoms with Gasteiger partial charge in [-0.1, -0.05) is 6.08 Å². The van der Waals surface area contributed by atoms with E-state index in [1.54, 1.807) is 6.26 Å². The lowest BCUT2D eigenvalue weighted by molar-refractivity contribution is -0.103. The molecule has 0 fully saturated rings. The fraction of sp³-hybridized carbons (Fsp3) is 0.636. The van der Waals surface area contributed by atoms with E-state index in [0.717, 1.165) is 0 Å². The van der Waals surface area contributed by atoms with Gasteiger partial charge in [0.1, 0.15) is 0 Å². The maximum atomic E-state index is 5.31. The molecule has 3 nitrogen and oxygen atoms in total. The highest BCUT2D eigenvalue weighted by molar-refractivity contribution is 5.01. The van der Waals surface area contributed by atoms with Crippen molar-refractivity contribution in [2.45, 2.75) is 27.1 Å². The van der Waals surface area contributed by atoms with Gasteiger partial charge in [-0.3, -0.25) is 0 Å². The van der Waals surface area contributed by atoms with Crippen molar-refractivity contribution in [1.82, 2.24) is 0 Å². The van der Waals surface area contributed by atoms with Crippen LogP contribution in [-0.2, 0) is 14.2 Å². The molecule has 82 valence electrons. The Morgan fingerprint density at radius 3 is 2.07 bits per heavy atom. The van der Waals surface area contributed by atoms with Gasteiger partial charge in [-0.05, 0) is 32.9 Å². The summed E-state index contributed by atoms with van der Waals surface area (Å²) in [6, 6.07) is 0. The first-order chi connectivity index (χ1) is 6.85. The average Bonchev–Trinajstić information content (AvgIpc) is 2.18. The van der Waals surface area contributed by atoms with Gasteiger partial charge in [-0.2, -0.15) is 0 Å². The minimum atomic E-state index is -0.253. The van der Waals surface area contributed by atoms with Crippen molar-refractivity contribution < 1.29 is 14.2 Å². The summed E-state index contributed by atoms with van der Waals surface area (Å²) in [6.45, 7) is 7.79. The minimum absolute atomic E-state index is 0.253. The molecule has 0 radical (unpaired) electrons. The third kappa shape index (κ3) is 7.83. The fourth-order valence-electron chi connectivity index (χ4n) is 0.840. The number of allylic oxidation sites excluding steroid dienone is 2. The monoisotopic (exact) mass is 200 g/mol. The molecule has 0 aliphatic heterocycles. The third-order valence-corrected chi connectivity index (χ3v) is 1.38. The minimum Gasteiger partial charge on any atom is -0.501 e. The summed E-state index contributed by atoms with van der Waals surface area (Å²) in [5.74, 6) is 0. The van der Waals surface area contributed by atoms with Crippen molar-refractivity contribution in [3.63, 3.8) is 0 Å². The van der Waals surface area contributed by atoms with Crippen molar-refractivity contribution in [2.75, 3.05) is 19.8 Å². The Bertz CT molecular complexity index is 158. The van der Waals surface area contributed by atoms with Gasteiger partial charge in [0.15, 0.2) is 6.29 Å². The van der Waals surface area contributed by atoms with E-state index in [4.69, 9.17) is 14.2 Å². The topological polar surface area (TPSA) is 27.7 Å². The molecule has 0 saturated heterocycles. The van der Waals surface area contributed by atoms with E-state index in [1.807, 2.05) is 39.0 Å². The molecule has 0 spiro atoms. The van der Waals surface area contributed by atoms with Crippen LogP contribution >= 0.6 is 0 Å². The molecule has 3 heteroatoms. The largest absolute Gasteiger partial charge is 0.501 e. The van der Waals surface area contributed by atoms with Crippen molar-refractivity contribution in [2.24, 2.45) is 0 Å². The molecule has 0 amide bonds. The molecule has 0 aromatic rings. The van der Waals surface area contributed by atoms with E-state index < -0.39 is 0 Å². The molecular weight excluding hydrogens is 180 g/mol. The average molecular weight is 200 g/mol. The summed E-state index contributed by atoms with van der Waals surface area (Å²) in [7, 11) is 0. The Morgan fingerprint density at radius 1 is 0.929 bits per heavy atom. The molecule has 14 heavy (non-hydrogen) atoms. The molecule has 0 aromatic carbocycles. The van der Waals surface area contributed by atoms with Gasteiger partial charge in [0.25, 0.3) is 0 Å². The summed E-state index contributed by atoms with van der Waals surface area (Å²) in [5.41, 5.74) is 0. The molecular formula is C11H20O3. The van der Waals surface area contributed by atoms with Crippen molar-refractivity contribution in [1.29, 1.82) is 0 Å². The molecule has 0 N–H and O–H groups in total. The molecule has 0 aliphatic rings. The van der Waals surface area contributed by atoms with Gasteiger partial charge in [0.05, 0.1) is 12.9 Å². The zero-order valence-electron chi connectivity index (χ0n) is 9.23. The summed E-state index contributed by atoms with van der Waals surface area (Å²) in [4.78, 5) is 0. The van der Waals surface area contributed by atoms with E-state index in [1.165, 1.54) is 0 Å². The first-order valence-corrected chi connectivity index (χ1v) is 5.03. The maximum absolute atomic E-state index is 5.31. The van der Waals surface area contributed by atoms with Crippen LogP contribution < -0.4 is 0 Å². The molecule has 0 saturated carbocycles. The van der Waals surface area contributed by atoms with Crippen LogP contribution in [0.2, 0.25) is 0 Å². The first-order valence-electron chi connectivity index (χ1n) is 5.03. The quantitative estimate of drug-likeness (QED) is 0.342. The van der Waals surface area contributed by atoms with E-state index in [0.29, 0.717) is 19.8 Å². The summed E-state index contributed by atoms with van der Waals surface area (Å²) >= 11 is 0. The fourth-order valence-corrected chi connectivity index (χ4v) is 0.840. The Labute approximate surface area is 86.4 Å². The molecule has 0 aromatic heterocycles. The number of rotatable bonds is 8. The highest BCUT2D eigenvalue weighted by atomic mass is 16.7. The summed E-state index contributed by atoms with van der Waals surface area (Å²) in [6.07, 6.45) is 6.91. The smallest absolute Gasteiger partial charge is 0.177 e. The Hall–Kier alpha value is -0.800. The second-order valence-corrected chi connectivity index (χ2v) is 2.45. The summed E-state index contributed by atoms with van der Waals surface area (Å²) < 4.78 is 15.6. The highest BCUT2D eigenvalue weighted by Gasteiger charge is 1.99. The standard InChI is InChI=1S/C11H20O3/c1-4-12-10-8-7-9-11(13-5-2)14-6-3/h7-11H,4-6H2,1-3H3/b9-7+,10-8+. The lowest BCUT2D eigenvalue weighted by Gasteiger charge is -2.11. The van der Waals surface area contributed by atoms with Crippen LogP contribution in [0, 0.1) is 0 Å². The zero-order chi connectivity index (χ0) is 10.6. The van der Waals surface area contributed by atoms with E-state index in [2.05, 4.69) is 0 Å². The van der Waals surface area contributed by atoms with Gasteiger partial charge in [-0.15, -0.1) is 0 Å². The van der Waals surface area contributed by atoms with Crippen LogP contribution in [-0.4, -0.2) is 26.1 Å². The predicted octanol–water partition coefficient (Wildman–Crippen LogP) is 2.49. The second kappa shape index (κ2) is 10.3. The second-order valence-electron chi connectivity index (χ2n) is 2.45. The Kier molecular flexibility index (Phi) is 9.69. The molecule has 0 atom stereocenters. The van der Waals surface area contributed by atoms with Crippen LogP contribution in [0.3, 0.4) is 0 Å². The zero-order valence-corrected chi connectivity index (χ0v) is 9.23. The predicted molar refractivity (Wildman–Crippen MR) is 56.9 cm³/mol. The maximum Gasteiger partial charge on any atom is 0.177 e. The van der Waals surface area contributed by atoms with Crippen LogP contribution in [0.1, 0.15) is 20.8 Å². The lowest BCUT2D eigenvalue weighted by atomic mass is 10.4. The number of ether oxygens (including phenoxy) is 3. The normalized spacial score (nSPS) is 12.0. The first kappa shape index (κ1) is 13.2. The number of hydrogen-bond donors (Lipinski definition) is 0. The SMILES string of the molecule is CCO/C=C/C=C/C(OCC)OCC. The summed E-state index contributed by atoms with van der Waals surface area (Å²) in [5, 5.41) is 0. The van der Waals surface area contributed by atoms with Crippen molar-refractivity contribution >= 4 is 0 Å². The van der Waals surface area contributed by atoms with Crippen LogP contribution in [0.25, 0.3) is 0 Å². The van der Waals surface area contributed by atoms with Gasteiger partial charge < -0.3 is 14.2 Å². The van der Waals surface area contributed by atoms with Crippen molar-refractivity contribution in [3.05, 3.63) is 24.5 Å². The van der Waals surface area contributed by atoms with Gasteiger partial charge >= 0.3 is 0 Å². The van der Waals surface area contributed by atoms with Gasteiger partial charge in [-0.25, -0.2) is 0 Å². The Morgan fingerprint density at radius 2 is 1.57 bits per heavy atom. The third-order valence-electron chi connectivity index (χ3n) is 1.38. The van der Waals surface area contributed by atoms with Crippen molar-refractivity contribution in [3.8, 4) is 0 Å². The molecule has 0 aliphatic carbocycles. The molecule has 0 bridgehead atoms. The van der Waals surface area contributed by atoms with E-state index >= 15 is 0 Å². The van der Waals surface area contributed by atoms with Crippen LogP contribution in [0.5, 0.6) is 0 Å². The molecule has 0 unspecified atom stereocenters. The highest BCUT2D eigenvalue weighted by Crippen LogP contribution is 1.97. The Balaban J connectivity index is 3.76. The van der Waals surface area contributed by atoms with E-state index in [9.17, 15) is 0 Å².